The van der Waals surface area contributed by atoms with Crippen molar-refractivity contribution < 1.29 is 34.3 Å². The molecule has 0 saturated heterocycles. The largest absolute Gasteiger partial charge is 0.507 e. The number of hydrogen-bond donors (Lipinski definition) is 2. The van der Waals surface area contributed by atoms with Crippen LogP contribution in [0.25, 0.3) is 0 Å². The summed E-state index contributed by atoms with van der Waals surface area (Å²) in [4.78, 5) is 60.6. The number of non-ortho nitro benzene ring substituents is 1. The van der Waals surface area contributed by atoms with Crippen molar-refractivity contribution in [3.05, 3.63) is 98.6 Å². The topological polar surface area (TPSA) is 155 Å². The van der Waals surface area contributed by atoms with Gasteiger partial charge in [0.1, 0.15) is 11.3 Å². The van der Waals surface area contributed by atoms with Gasteiger partial charge >= 0.3 is 5.97 Å². The maximum Gasteiger partial charge on any atom is 0.339 e. The summed E-state index contributed by atoms with van der Waals surface area (Å²) < 4.78 is 0. The number of carbonyl (C=O) groups excluding carboxylic acids is 3. The fourth-order valence-corrected chi connectivity index (χ4v) is 3.38. The molecule has 10 heteroatoms. The first-order chi connectivity index (χ1) is 15.2. The number of aromatic carboxylic acids is 1. The molecule has 10 nitrogen and oxygen atoms in total. The summed E-state index contributed by atoms with van der Waals surface area (Å²) in [6, 6.07) is 12.2. The van der Waals surface area contributed by atoms with Gasteiger partial charge in [0.15, 0.2) is 5.78 Å². The SMILES string of the molecule is O=C(c1cccc([N+](=O)[O-])c1)c1ccc2c(c1)C(=O)N(c1ccc(C(=O)O)c(O)c1)C2=O. The van der Waals surface area contributed by atoms with Crippen molar-refractivity contribution in [2.75, 3.05) is 4.90 Å². The van der Waals surface area contributed by atoms with Crippen molar-refractivity contribution in [3.8, 4) is 5.75 Å². The molecule has 32 heavy (non-hydrogen) atoms. The average molecular weight is 432 g/mol. The van der Waals surface area contributed by atoms with Crippen LogP contribution >= 0.6 is 0 Å². The fourth-order valence-electron chi connectivity index (χ4n) is 3.38. The molecule has 0 bridgehead atoms. The van der Waals surface area contributed by atoms with E-state index in [1.54, 1.807) is 0 Å². The lowest BCUT2D eigenvalue weighted by Gasteiger charge is -2.14. The number of ketones is 1. The third kappa shape index (κ3) is 3.25. The third-order valence-electron chi connectivity index (χ3n) is 4.94. The Bertz CT molecular complexity index is 1360. The molecule has 0 unspecified atom stereocenters. The highest BCUT2D eigenvalue weighted by Crippen LogP contribution is 2.32. The number of benzene rings is 3. The van der Waals surface area contributed by atoms with Gasteiger partial charge in [-0.05, 0) is 24.3 Å². The van der Waals surface area contributed by atoms with E-state index in [1.165, 1.54) is 42.5 Å². The van der Waals surface area contributed by atoms with Gasteiger partial charge in [-0.3, -0.25) is 24.5 Å². The first-order valence-corrected chi connectivity index (χ1v) is 9.07. The van der Waals surface area contributed by atoms with Crippen LogP contribution in [-0.4, -0.2) is 38.7 Å². The minimum Gasteiger partial charge on any atom is -0.507 e. The van der Waals surface area contributed by atoms with E-state index in [9.17, 15) is 34.4 Å². The van der Waals surface area contributed by atoms with E-state index in [0.29, 0.717) is 0 Å². The number of rotatable bonds is 5. The van der Waals surface area contributed by atoms with Crippen LogP contribution in [0.4, 0.5) is 11.4 Å². The summed E-state index contributed by atoms with van der Waals surface area (Å²) in [5.74, 6) is -4.03. The molecular weight excluding hydrogens is 420 g/mol. The van der Waals surface area contributed by atoms with E-state index < -0.39 is 39.8 Å². The number of nitro benzene ring substituents is 1. The molecule has 2 amide bonds. The van der Waals surface area contributed by atoms with Crippen LogP contribution in [0.3, 0.4) is 0 Å². The van der Waals surface area contributed by atoms with Gasteiger partial charge in [0.05, 0.1) is 21.7 Å². The highest BCUT2D eigenvalue weighted by atomic mass is 16.6. The van der Waals surface area contributed by atoms with Gasteiger partial charge in [-0.15, -0.1) is 0 Å². The molecule has 0 fully saturated rings. The quantitative estimate of drug-likeness (QED) is 0.270. The van der Waals surface area contributed by atoms with Crippen LogP contribution in [0, 0.1) is 10.1 Å². The molecule has 0 atom stereocenters. The Morgan fingerprint density at radius 2 is 1.56 bits per heavy atom. The van der Waals surface area contributed by atoms with Crippen molar-refractivity contribution in [2.45, 2.75) is 0 Å². The highest BCUT2D eigenvalue weighted by molar-refractivity contribution is 6.35. The summed E-state index contributed by atoms with van der Waals surface area (Å²) in [5, 5.41) is 29.9. The van der Waals surface area contributed by atoms with Gasteiger partial charge in [-0.2, -0.15) is 0 Å². The number of anilines is 1. The van der Waals surface area contributed by atoms with E-state index >= 15 is 0 Å². The molecule has 0 saturated carbocycles. The first kappa shape index (κ1) is 20.4. The molecule has 1 heterocycles. The Labute approximate surface area is 179 Å². The smallest absolute Gasteiger partial charge is 0.339 e. The summed E-state index contributed by atoms with van der Waals surface area (Å²) in [6.45, 7) is 0. The predicted octanol–water partition coefficient (Wildman–Crippen LogP) is 3.03. The number of carboxylic acids is 1. The van der Waals surface area contributed by atoms with E-state index in [4.69, 9.17) is 5.11 Å². The van der Waals surface area contributed by atoms with E-state index in [0.717, 1.165) is 23.1 Å². The highest BCUT2D eigenvalue weighted by Gasteiger charge is 2.37. The zero-order chi connectivity index (χ0) is 23.2. The van der Waals surface area contributed by atoms with Crippen LogP contribution < -0.4 is 4.90 Å². The number of fused-ring (bicyclic) bond motifs is 1. The molecule has 0 spiro atoms. The third-order valence-corrected chi connectivity index (χ3v) is 4.94. The number of nitro groups is 1. The number of aromatic hydroxyl groups is 1. The van der Waals surface area contributed by atoms with Crippen molar-refractivity contribution in [1.29, 1.82) is 0 Å². The number of amides is 2. The molecule has 2 N–H and O–H groups in total. The monoisotopic (exact) mass is 432 g/mol. The molecule has 0 aliphatic carbocycles. The Hall–Kier alpha value is -4.86. The van der Waals surface area contributed by atoms with Crippen molar-refractivity contribution in [1.82, 2.24) is 0 Å². The first-order valence-electron chi connectivity index (χ1n) is 9.07. The van der Waals surface area contributed by atoms with Gasteiger partial charge in [0.25, 0.3) is 17.5 Å². The Morgan fingerprint density at radius 3 is 2.22 bits per heavy atom. The second-order valence-electron chi connectivity index (χ2n) is 6.85. The number of phenols is 1. The average Bonchev–Trinajstić information content (AvgIpc) is 3.02. The number of nitrogens with zero attached hydrogens (tertiary/aromatic N) is 2. The lowest BCUT2D eigenvalue weighted by atomic mass is 9.99. The van der Waals surface area contributed by atoms with E-state index in [1.807, 2.05) is 0 Å². The summed E-state index contributed by atoms with van der Waals surface area (Å²) in [7, 11) is 0. The molecular formula is C22H12N2O8. The number of imide groups is 1. The minimum absolute atomic E-state index is 0.0207. The van der Waals surface area contributed by atoms with Crippen molar-refractivity contribution in [2.24, 2.45) is 0 Å². The molecule has 0 aromatic heterocycles. The van der Waals surface area contributed by atoms with Crippen LogP contribution in [0.1, 0.15) is 47.0 Å². The second kappa shape index (κ2) is 7.43. The number of carboxylic acid groups (broad SMARTS) is 1. The van der Waals surface area contributed by atoms with E-state index in [2.05, 4.69) is 0 Å². The second-order valence-corrected chi connectivity index (χ2v) is 6.85. The van der Waals surface area contributed by atoms with Gasteiger partial charge in [-0.25, -0.2) is 9.69 Å². The molecule has 1 aliphatic heterocycles. The lowest BCUT2D eigenvalue weighted by molar-refractivity contribution is -0.384. The number of hydrogen-bond acceptors (Lipinski definition) is 7. The maximum atomic E-state index is 12.9. The van der Waals surface area contributed by atoms with Crippen molar-refractivity contribution in [3.63, 3.8) is 0 Å². The number of carbonyl (C=O) groups is 4. The molecule has 3 aromatic rings. The van der Waals surface area contributed by atoms with Gasteiger partial charge in [-0.1, -0.05) is 18.2 Å². The van der Waals surface area contributed by atoms with Gasteiger partial charge in [0, 0.05) is 29.3 Å². The van der Waals surface area contributed by atoms with Crippen LogP contribution in [0.5, 0.6) is 5.75 Å². The summed E-state index contributed by atoms with van der Waals surface area (Å²) >= 11 is 0. The zero-order valence-corrected chi connectivity index (χ0v) is 16.0. The molecule has 1 aliphatic rings. The molecule has 4 rings (SSSR count). The van der Waals surface area contributed by atoms with Gasteiger partial charge < -0.3 is 10.2 Å². The summed E-state index contributed by atoms with van der Waals surface area (Å²) in [5.41, 5.74) is -0.640. The normalized spacial score (nSPS) is 12.6. The van der Waals surface area contributed by atoms with Gasteiger partial charge in [0.2, 0.25) is 0 Å². The molecule has 0 radical (unpaired) electrons. The minimum atomic E-state index is -1.37. The molecule has 3 aromatic carbocycles. The van der Waals surface area contributed by atoms with Crippen LogP contribution in [-0.2, 0) is 0 Å². The van der Waals surface area contributed by atoms with Crippen LogP contribution in [0.15, 0.2) is 60.7 Å². The Balaban J connectivity index is 1.70. The van der Waals surface area contributed by atoms with Crippen molar-refractivity contribution >= 4 is 34.9 Å². The van der Waals surface area contributed by atoms with Crippen LogP contribution in [0.2, 0.25) is 0 Å². The molecule has 158 valence electrons. The maximum absolute atomic E-state index is 12.9. The Morgan fingerprint density at radius 1 is 0.875 bits per heavy atom. The predicted molar refractivity (Wildman–Crippen MR) is 109 cm³/mol. The standard InChI is InChI=1S/C22H12N2O8/c25-18-10-13(5-7-16(18)22(29)30)23-20(27)15-6-4-12(9-17(15)21(23)28)19(26)11-2-1-3-14(8-11)24(31)32/h1-10,25H,(H,29,30). The fraction of sp³-hybridized carbons (Fsp3) is 0. The lowest BCUT2D eigenvalue weighted by Crippen LogP contribution is -2.29. The van der Waals surface area contributed by atoms with E-state index in [-0.39, 0.29) is 33.6 Å². The summed E-state index contributed by atoms with van der Waals surface area (Å²) in [6.07, 6.45) is 0. The Kier molecular flexibility index (Phi) is 4.74. The zero-order valence-electron chi connectivity index (χ0n) is 16.0.